The van der Waals surface area contributed by atoms with Gasteiger partial charge in [0.15, 0.2) is 0 Å². The van der Waals surface area contributed by atoms with Gasteiger partial charge in [-0.2, -0.15) is 0 Å². The van der Waals surface area contributed by atoms with Crippen molar-refractivity contribution in [3.8, 4) is 5.75 Å². The number of benzene rings is 2. The highest BCUT2D eigenvalue weighted by atomic mass is 35.5. The smallest absolute Gasteiger partial charge is 0.248 e. The molecule has 0 radical (unpaired) electrons. The Morgan fingerprint density at radius 1 is 1.12 bits per heavy atom. The molecule has 2 aromatic carbocycles. The van der Waals surface area contributed by atoms with Crippen LogP contribution < -0.4 is 15.4 Å². The number of amides is 1. The molecule has 4 heterocycles. The second-order valence-corrected chi connectivity index (χ2v) is 10.7. The van der Waals surface area contributed by atoms with Crippen LogP contribution in [0.3, 0.4) is 0 Å². The minimum atomic E-state index is -0.507. The number of rotatable bonds is 8. The fraction of sp³-hybridized carbons (Fsp3) is 0.414. The zero-order chi connectivity index (χ0) is 27.5. The SMILES string of the molecule is O=C(C=CCN1C2CCC1COC2)Nc1cc2c(Nc3ccc(F)c(Cl)c3)ncnc2cc1OC1CCCOC1. The average Bonchev–Trinajstić information content (AvgIpc) is 3.16. The topological polar surface area (TPSA) is 97.8 Å². The van der Waals surface area contributed by atoms with E-state index in [2.05, 4.69) is 25.5 Å². The molecule has 6 rings (SSSR count). The van der Waals surface area contributed by atoms with Crippen LogP contribution in [0.2, 0.25) is 5.02 Å². The fourth-order valence-electron chi connectivity index (χ4n) is 5.54. The molecule has 0 spiro atoms. The lowest BCUT2D eigenvalue weighted by atomic mass is 10.1. The summed E-state index contributed by atoms with van der Waals surface area (Å²) in [6.07, 6.45) is 8.80. The number of ether oxygens (including phenoxy) is 3. The van der Waals surface area contributed by atoms with Crippen LogP contribution in [0.25, 0.3) is 10.9 Å². The molecule has 11 heteroatoms. The van der Waals surface area contributed by atoms with Gasteiger partial charge in [-0.1, -0.05) is 17.7 Å². The maximum Gasteiger partial charge on any atom is 0.248 e. The number of nitrogens with one attached hydrogen (secondary N) is 2. The molecule has 1 amide bonds. The van der Waals surface area contributed by atoms with Gasteiger partial charge in [0.25, 0.3) is 0 Å². The van der Waals surface area contributed by atoms with Crippen molar-refractivity contribution in [2.75, 3.05) is 43.6 Å². The van der Waals surface area contributed by atoms with Crippen molar-refractivity contribution >= 4 is 45.6 Å². The molecule has 3 unspecified atom stereocenters. The van der Waals surface area contributed by atoms with E-state index in [9.17, 15) is 9.18 Å². The van der Waals surface area contributed by atoms with Crippen molar-refractivity contribution in [2.24, 2.45) is 0 Å². The van der Waals surface area contributed by atoms with Crippen molar-refractivity contribution in [3.63, 3.8) is 0 Å². The maximum atomic E-state index is 13.7. The highest BCUT2D eigenvalue weighted by Crippen LogP contribution is 2.35. The first-order valence-electron chi connectivity index (χ1n) is 13.6. The Balaban J connectivity index is 1.25. The number of halogens is 2. The predicted molar refractivity (Wildman–Crippen MR) is 151 cm³/mol. The average molecular weight is 568 g/mol. The van der Waals surface area contributed by atoms with E-state index in [0.29, 0.717) is 65.7 Å². The number of morpholine rings is 1. The van der Waals surface area contributed by atoms with Gasteiger partial charge in [0.1, 0.15) is 29.8 Å². The number of hydrogen-bond donors (Lipinski definition) is 2. The van der Waals surface area contributed by atoms with E-state index < -0.39 is 5.82 Å². The summed E-state index contributed by atoms with van der Waals surface area (Å²) in [7, 11) is 0. The molecular weight excluding hydrogens is 537 g/mol. The van der Waals surface area contributed by atoms with E-state index in [1.54, 1.807) is 24.3 Å². The van der Waals surface area contributed by atoms with Crippen LogP contribution in [-0.2, 0) is 14.3 Å². The van der Waals surface area contributed by atoms with Gasteiger partial charge in [-0.3, -0.25) is 9.69 Å². The lowest BCUT2D eigenvalue weighted by Gasteiger charge is -2.33. The molecule has 3 aliphatic rings. The number of nitrogens with zero attached hydrogens (tertiary/aromatic N) is 3. The van der Waals surface area contributed by atoms with Gasteiger partial charge < -0.3 is 24.8 Å². The molecule has 1 aromatic heterocycles. The summed E-state index contributed by atoms with van der Waals surface area (Å²) in [4.78, 5) is 24.3. The van der Waals surface area contributed by atoms with Crippen LogP contribution in [0.15, 0.2) is 48.8 Å². The molecule has 3 saturated heterocycles. The Bertz CT molecular complexity index is 1400. The number of carbonyl (C=O) groups excluding carboxylic acids is 1. The fourth-order valence-corrected chi connectivity index (χ4v) is 5.72. The first-order chi connectivity index (χ1) is 19.5. The van der Waals surface area contributed by atoms with Gasteiger partial charge >= 0.3 is 0 Å². The summed E-state index contributed by atoms with van der Waals surface area (Å²) < 4.78 is 31.2. The minimum absolute atomic E-state index is 0.00132. The van der Waals surface area contributed by atoms with E-state index in [-0.39, 0.29) is 17.0 Å². The van der Waals surface area contributed by atoms with Gasteiger partial charge in [-0.05, 0) is 49.9 Å². The molecule has 2 bridgehead atoms. The first-order valence-corrected chi connectivity index (χ1v) is 14.0. The van der Waals surface area contributed by atoms with E-state index in [0.717, 1.165) is 38.9 Å². The summed E-state index contributed by atoms with van der Waals surface area (Å²) in [6, 6.07) is 8.77. The quantitative estimate of drug-likeness (QED) is 0.364. The van der Waals surface area contributed by atoms with Gasteiger partial charge in [-0.15, -0.1) is 0 Å². The summed E-state index contributed by atoms with van der Waals surface area (Å²) in [5, 5.41) is 6.81. The van der Waals surface area contributed by atoms with Crippen molar-refractivity contribution in [2.45, 2.75) is 43.9 Å². The van der Waals surface area contributed by atoms with Gasteiger partial charge in [0.2, 0.25) is 5.91 Å². The van der Waals surface area contributed by atoms with Crippen molar-refractivity contribution in [1.29, 1.82) is 0 Å². The molecule has 0 saturated carbocycles. The highest BCUT2D eigenvalue weighted by Gasteiger charge is 2.36. The minimum Gasteiger partial charge on any atom is -0.486 e. The highest BCUT2D eigenvalue weighted by molar-refractivity contribution is 6.31. The van der Waals surface area contributed by atoms with Crippen LogP contribution in [0, 0.1) is 5.82 Å². The van der Waals surface area contributed by atoms with Crippen LogP contribution >= 0.6 is 11.6 Å². The largest absolute Gasteiger partial charge is 0.486 e. The predicted octanol–water partition coefficient (Wildman–Crippen LogP) is 5.08. The molecular formula is C29H31ClFN5O4. The Hall–Kier alpha value is -3.31. The third-order valence-electron chi connectivity index (χ3n) is 7.57. The third kappa shape index (κ3) is 6.05. The molecule has 9 nitrogen and oxygen atoms in total. The van der Waals surface area contributed by atoms with E-state index in [4.69, 9.17) is 25.8 Å². The normalized spacial score (nSPS) is 23.0. The summed E-state index contributed by atoms with van der Waals surface area (Å²) in [6.45, 7) is 3.40. The zero-order valence-electron chi connectivity index (χ0n) is 21.9. The summed E-state index contributed by atoms with van der Waals surface area (Å²) in [5.74, 6) is 0.216. The standard InChI is InChI=1S/C29H31ClFN5O4/c30-23-11-18(5-8-24(23)31)34-29-22-12-26(27(13-25(22)32-17-33-29)40-21-3-2-10-38-16-21)35-28(37)4-1-9-36-19-6-7-20(36)15-39-14-19/h1,4-5,8,11-13,17,19-21H,2-3,6-7,9-10,14-16H2,(H,35,37)(H,32,33,34). The monoisotopic (exact) mass is 567 g/mol. The van der Waals surface area contributed by atoms with Gasteiger partial charge in [0, 0.05) is 48.5 Å². The molecule has 3 fully saturated rings. The lowest BCUT2D eigenvalue weighted by molar-refractivity contribution is -0.112. The van der Waals surface area contributed by atoms with Crippen molar-refractivity contribution in [1.82, 2.24) is 14.9 Å². The lowest BCUT2D eigenvalue weighted by Crippen LogP contribution is -2.45. The van der Waals surface area contributed by atoms with Gasteiger partial charge in [-0.25, -0.2) is 14.4 Å². The van der Waals surface area contributed by atoms with E-state index >= 15 is 0 Å². The maximum absolute atomic E-state index is 13.7. The number of carbonyl (C=O) groups is 1. The van der Waals surface area contributed by atoms with Crippen LogP contribution in [0.1, 0.15) is 25.7 Å². The Labute approximate surface area is 236 Å². The third-order valence-corrected chi connectivity index (χ3v) is 7.86. The van der Waals surface area contributed by atoms with E-state index in [1.807, 2.05) is 6.08 Å². The van der Waals surface area contributed by atoms with E-state index in [1.165, 1.54) is 18.5 Å². The van der Waals surface area contributed by atoms with Crippen molar-refractivity contribution < 1.29 is 23.4 Å². The molecule has 3 aromatic rings. The Kier molecular flexibility index (Phi) is 8.10. The number of aromatic nitrogens is 2. The zero-order valence-corrected chi connectivity index (χ0v) is 22.7. The van der Waals surface area contributed by atoms with Crippen LogP contribution in [-0.4, -0.2) is 71.9 Å². The Morgan fingerprint density at radius 2 is 1.98 bits per heavy atom. The van der Waals surface area contributed by atoms with Crippen molar-refractivity contribution in [3.05, 3.63) is 59.7 Å². The molecule has 40 heavy (non-hydrogen) atoms. The Morgan fingerprint density at radius 3 is 2.75 bits per heavy atom. The summed E-state index contributed by atoms with van der Waals surface area (Å²) >= 11 is 5.97. The van der Waals surface area contributed by atoms with Crippen LogP contribution in [0.4, 0.5) is 21.6 Å². The van der Waals surface area contributed by atoms with Gasteiger partial charge in [0.05, 0.1) is 36.0 Å². The number of fused-ring (bicyclic) bond motifs is 3. The molecule has 0 aliphatic carbocycles. The first kappa shape index (κ1) is 26.9. The summed E-state index contributed by atoms with van der Waals surface area (Å²) in [5.41, 5.74) is 1.68. The van der Waals surface area contributed by atoms with Crippen LogP contribution in [0.5, 0.6) is 5.75 Å². The molecule has 210 valence electrons. The number of hydrogen-bond acceptors (Lipinski definition) is 8. The number of anilines is 3. The second kappa shape index (κ2) is 12.1. The molecule has 2 N–H and O–H groups in total. The molecule has 3 atom stereocenters. The molecule has 3 aliphatic heterocycles. The second-order valence-electron chi connectivity index (χ2n) is 10.3.